The zero-order valence-corrected chi connectivity index (χ0v) is 13.4. The lowest BCUT2D eigenvalue weighted by Gasteiger charge is -2.09. The zero-order valence-electron chi connectivity index (χ0n) is 11.8. The number of aryl methyl sites for hydroxylation is 1. The summed E-state index contributed by atoms with van der Waals surface area (Å²) in [5, 5.41) is 0.455. The number of benzene rings is 1. The molecule has 2 heterocycles. The first-order chi connectivity index (χ1) is 10.9. The lowest BCUT2D eigenvalue weighted by Crippen LogP contribution is -2.16. The SMILES string of the molecule is Cn1cnc2c(-c3ccc(OC(F)(F)F)cc3)nc(CBr)nc21. The van der Waals surface area contributed by atoms with Crippen molar-refractivity contribution in [3.05, 3.63) is 36.4 Å². The number of imidazole rings is 1. The van der Waals surface area contributed by atoms with E-state index in [1.54, 1.807) is 10.9 Å². The third-order valence-corrected chi connectivity index (χ3v) is 3.59. The van der Waals surface area contributed by atoms with E-state index in [1.165, 1.54) is 24.3 Å². The van der Waals surface area contributed by atoms with E-state index in [4.69, 9.17) is 0 Å². The monoisotopic (exact) mass is 386 g/mol. The van der Waals surface area contributed by atoms with Crippen LogP contribution in [0.25, 0.3) is 22.4 Å². The Morgan fingerprint density at radius 2 is 1.87 bits per heavy atom. The second-order valence-electron chi connectivity index (χ2n) is 4.72. The molecule has 0 N–H and O–H groups in total. The highest BCUT2D eigenvalue weighted by Crippen LogP contribution is 2.29. The molecular weight excluding hydrogens is 377 g/mol. The fourth-order valence-electron chi connectivity index (χ4n) is 2.13. The highest BCUT2D eigenvalue weighted by Gasteiger charge is 2.31. The Balaban J connectivity index is 2.06. The fourth-order valence-corrected chi connectivity index (χ4v) is 2.38. The zero-order chi connectivity index (χ0) is 16.6. The normalized spacial score (nSPS) is 11.9. The van der Waals surface area contributed by atoms with Gasteiger partial charge in [-0.1, -0.05) is 15.9 Å². The minimum Gasteiger partial charge on any atom is -0.406 e. The van der Waals surface area contributed by atoms with Gasteiger partial charge < -0.3 is 9.30 Å². The molecule has 2 aromatic heterocycles. The Morgan fingerprint density at radius 1 is 1.17 bits per heavy atom. The Bertz CT molecular complexity index is 846. The molecule has 0 aliphatic rings. The van der Waals surface area contributed by atoms with E-state index in [1.807, 2.05) is 7.05 Å². The molecule has 9 heteroatoms. The fraction of sp³-hybridized carbons (Fsp3) is 0.214. The number of hydrogen-bond donors (Lipinski definition) is 0. The van der Waals surface area contributed by atoms with Crippen LogP contribution in [0.3, 0.4) is 0 Å². The van der Waals surface area contributed by atoms with Crippen LogP contribution in [-0.2, 0) is 12.4 Å². The van der Waals surface area contributed by atoms with E-state index < -0.39 is 6.36 Å². The number of alkyl halides is 4. The van der Waals surface area contributed by atoms with Gasteiger partial charge in [0.05, 0.1) is 11.7 Å². The molecule has 120 valence electrons. The smallest absolute Gasteiger partial charge is 0.406 e. The molecule has 0 atom stereocenters. The molecule has 0 fully saturated rings. The average Bonchev–Trinajstić information content (AvgIpc) is 2.87. The second kappa shape index (κ2) is 5.80. The Morgan fingerprint density at radius 3 is 2.48 bits per heavy atom. The van der Waals surface area contributed by atoms with Crippen molar-refractivity contribution in [3.63, 3.8) is 0 Å². The summed E-state index contributed by atoms with van der Waals surface area (Å²) in [4.78, 5) is 13.0. The topological polar surface area (TPSA) is 52.8 Å². The van der Waals surface area contributed by atoms with Gasteiger partial charge in [0.25, 0.3) is 0 Å². The molecule has 0 saturated carbocycles. The van der Waals surface area contributed by atoms with Crippen molar-refractivity contribution in [1.29, 1.82) is 0 Å². The second-order valence-corrected chi connectivity index (χ2v) is 5.28. The van der Waals surface area contributed by atoms with Gasteiger partial charge in [0.15, 0.2) is 5.65 Å². The molecule has 3 rings (SSSR count). The predicted molar refractivity (Wildman–Crippen MR) is 81.1 cm³/mol. The van der Waals surface area contributed by atoms with Gasteiger partial charge in [0.2, 0.25) is 0 Å². The molecule has 23 heavy (non-hydrogen) atoms. The summed E-state index contributed by atoms with van der Waals surface area (Å²) in [7, 11) is 1.81. The lowest BCUT2D eigenvalue weighted by molar-refractivity contribution is -0.274. The first-order valence-electron chi connectivity index (χ1n) is 6.47. The van der Waals surface area contributed by atoms with E-state index in [-0.39, 0.29) is 5.75 Å². The molecule has 5 nitrogen and oxygen atoms in total. The van der Waals surface area contributed by atoms with Crippen LogP contribution >= 0.6 is 15.9 Å². The van der Waals surface area contributed by atoms with Crippen molar-refractivity contribution in [2.75, 3.05) is 0 Å². The number of rotatable bonds is 3. The molecule has 0 spiro atoms. The molecule has 0 unspecified atom stereocenters. The summed E-state index contributed by atoms with van der Waals surface area (Å²) < 4.78 is 42.3. The summed E-state index contributed by atoms with van der Waals surface area (Å²) in [5.74, 6) is 0.278. The highest BCUT2D eigenvalue weighted by molar-refractivity contribution is 9.08. The van der Waals surface area contributed by atoms with Gasteiger partial charge >= 0.3 is 6.36 Å². The Kier molecular flexibility index (Phi) is 3.97. The number of fused-ring (bicyclic) bond motifs is 1. The predicted octanol–water partition coefficient (Wildman–Crippen LogP) is 3.82. The molecular formula is C14H10BrF3N4O. The highest BCUT2D eigenvalue weighted by atomic mass is 79.9. The standard InChI is InChI=1S/C14H10BrF3N4O/c1-22-7-19-12-11(20-10(6-15)21-13(12)22)8-2-4-9(5-3-8)23-14(16,17)18/h2-5,7H,6H2,1H3. The lowest BCUT2D eigenvalue weighted by atomic mass is 10.1. The van der Waals surface area contributed by atoms with Crippen LogP contribution in [0.2, 0.25) is 0 Å². The maximum absolute atomic E-state index is 12.2. The summed E-state index contributed by atoms with van der Waals surface area (Å²) in [6.07, 6.45) is -3.10. The van der Waals surface area contributed by atoms with Crippen molar-refractivity contribution in [1.82, 2.24) is 19.5 Å². The maximum Gasteiger partial charge on any atom is 0.573 e. The molecule has 0 saturated heterocycles. The van der Waals surface area contributed by atoms with Crippen molar-refractivity contribution >= 4 is 27.1 Å². The summed E-state index contributed by atoms with van der Waals surface area (Å²) in [6, 6.07) is 5.51. The average molecular weight is 387 g/mol. The van der Waals surface area contributed by atoms with Gasteiger partial charge in [-0.3, -0.25) is 0 Å². The Labute approximate surface area is 137 Å². The number of halogens is 4. The van der Waals surface area contributed by atoms with E-state index in [9.17, 15) is 13.2 Å². The largest absolute Gasteiger partial charge is 0.573 e. The minimum atomic E-state index is -4.71. The summed E-state index contributed by atoms with van der Waals surface area (Å²) >= 11 is 3.31. The van der Waals surface area contributed by atoms with Gasteiger partial charge in [-0.15, -0.1) is 13.2 Å². The van der Waals surface area contributed by atoms with Crippen LogP contribution in [-0.4, -0.2) is 25.9 Å². The summed E-state index contributed by atoms with van der Waals surface area (Å²) in [6.45, 7) is 0. The van der Waals surface area contributed by atoms with E-state index in [0.29, 0.717) is 33.6 Å². The Hall–Kier alpha value is -2.16. The molecule has 0 bridgehead atoms. The van der Waals surface area contributed by atoms with Crippen molar-refractivity contribution in [2.24, 2.45) is 7.05 Å². The quantitative estimate of drug-likeness (QED) is 0.642. The van der Waals surface area contributed by atoms with Gasteiger partial charge in [0, 0.05) is 12.6 Å². The van der Waals surface area contributed by atoms with Crippen LogP contribution in [0.4, 0.5) is 13.2 Å². The first kappa shape index (κ1) is 15.7. The number of nitrogens with zero attached hydrogens (tertiary/aromatic N) is 4. The van der Waals surface area contributed by atoms with Crippen molar-refractivity contribution in [2.45, 2.75) is 11.7 Å². The summed E-state index contributed by atoms with van der Waals surface area (Å²) in [5.41, 5.74) is 2.43. The van der Waals surface area contributed by atoms with E-state index in [0.717, 1.165) is 0 Å². The van der Waals surface area contributed by atoms with Crippen molar-refractivity contribution < 1.29 is 17.9 Å². The van der Waals surface area contributed by atoms with Gasteiger partial charge in [-0.2, -0.15) is 0 Å². The third-order valence-electron chi connectivity index (χ3n) is 3.09. The van der Waals surface area contributed by atoms with E-state index in [2.05, 4.69) is 35.6 Å². The molecule has 0 aliphatic carbocycles. The maximum atomic E-state index is 12.2. The molecule has 0 aliphatic heterocycles. The van der Waals surface area contributed by atoms with Crippen LogP contribution in [0.5, 0.6) is 5.75 Å². The number of aromatic nitrogens is 4. The molecule has 0 amide bonds. The molecule has 1 aromatic carbocycles. The molecule has 3 aromatic rings. The number of hydrogen-bond acceptors (Lipinski definition) is 4. The van der Waals surface area contributed by atoms with Gasteiger partial charge in [-0.25, -0.2) is 15.0 Å². The molecule has 0 radical (unpaired) electrons. The van der Waals surface area contributed by atoms with Crippen LogP contribution in [0.15, 0.2) is 30.6 Å². The minimum absolute atomic E-state index is 0.284. The van der Waals surface area contributed by atoms with Crippen LogP contribution in [0.1, 0.15) is 5.82 Å². The van der Waals surface area contributed by atoms with Gasteiger partial charge in [-0.05, 0) is 24.3 Å². The third kappa shape index (κ3) is 3.29. The van der Waals surface area contributed by atoms with Gasteiger partial charge in [0.1, 0.15) is 22.8 Å². The van der Waals surface area contributed by atoms with Crippen LogP contribution < -0.4 is 4.74 Å². The van der Waals surface area contributed by atoms with E-state index >= 15 is 0 Å². The van der Waals surface area contributed by atoms with Crippen LogP contribution in [0, 0.1) is 0 Å². The number of ether oxygens (including phenoxy) is 1. The first-order valence-corrected chi connectivity index (χ1v) is 7.59. The van der Waals surface area contributed by atoms with Crippen molar-refractivity contribution in [3.8, 4) is 17.0 Å².